The van der Waals surface area contributed by atoms with Crippen molar-refractivity contribution in [2.75, 3.05) is 7.11 Å². The Balaban J connectivity index is 1.95. The molecule has 4 heteroatoms. The lowest BCUT2D eigenvalue weighted by Gasteiger charge is -2.08. The van der Waals surface area contributed by atoms with Gasteiger partial charge in [0.1, 0.15) is 11.5 Å². The summed E-state index contributed by atoms with van der Waals surface area (Å²) in [7, 11) is 1.61. The van der Waals surface area contributed by atoms with Crippen molar-refractivity contribution in [3.63, 3.8) is 0 Å². The summed E-state index contributed by atoms with van der Waals surface area (Å²) >= 11 is 0. The average molecular weight is 271 g/mol. The Morgan fingerprint density at radius 1 is 1.35 bits per heavy atom. The monoisotopic (exact) mass is 271 g/mol. The van der Waals surface area contributed by atoms with Crippen LogP contribution in [0.1, 0.15) is 24.3 Å². The van der Waals surface area contributed by atoms with Gasteiger partial charge in [-0.1, -0.05) is 12.1 Å². The van der Waals surface area contributed by atoms with Crippen LogP contribution in [-0.2, 0) is 4.79 Å². The summed E-state index contributed by atoms with van der Waals surface area (Å²) in [6.07, 6.45) is 4.82. The second-order valence-corrected chi connectivity index (χ2v) is 4.36. The van der Waals surface area contributed by atoms with Gasteiger partial charge in [0.15, 0.2) is 0 Å². The average Bonchev–Trinajstić information content (AvgIpc) is 2.99. The normalized spacial score (nSPS) is 12.3. The van der Waals surface area contributed by atoms with Gasteiger partial charge in [-0.25, -0.2) is 0 Å². The van der Waals surface area contributed by atoms with E-state index in [1.165, 1.54) is 6.08 Å². The van der Waals surface area contributed by atoms with Gasteiger partial charge < -0.3 is 14.5 Å². The predicted octanol–water partition coefficient (Wildman–Crippen LogP) is 3.18. The molecule has 104 valence electrons. The number of carbonyl (C=O) groups is 1. The topological polar surface area (TPSA) is 51.5 Å². The Kier molecular flexibility index (Phi) is 4.60. The lowest BCUT2D eigenvalue weighted by molar-refractivity contribution is -0.117. The molecule has 2 rings (SSSR count). The lowest BCUT2D eigenvalue weighted by atomic mass is 10.2. The van der Waals surface area contributed by atoms with Crippen LogP contribution >= 0.6 is 0 Å². The molecule has 1 N–H and O–H groups in total. The quantitative estimate of drug-likeness (QED) is 0.850. The van der Waals surface area contributed by atoms with Crippen LogP contribution in [0, 0.1) is 0 Å². The van der Waals surface area contributed by atoms with Gasteiger partial charge in [0.25, 0.3) is 0 Å². The standard InChI is InChI=1S/C16H17NO3/c1-12(15-7-4-10-20-15)17-16(18)9-8-13-5-3-6-14(11-13)19-2/h3-12H,1-2H3,(H,17,18). The molecule has 0 saturated heterocycles. The van der Waals surface area contributed by atoms with Crippen molar-refractivity contribution in [2.24, 2.45) is 0 Å². The molecule has 0 aliphatic heterocycles. The first-order valence-corrected chi connectivity index (χ1v) is 6.35. The second kappa shape index (κ2) is 6.61. The van der Waals surface area contributed by atoms with Crippen LogP contribution in [0.25, 0.3) is 6.08 Å². The SMILES string of the molecule is COc1cccc(C=CC(=O)NC(C)c2ccco2)c1. The molecular formula is C16H17NO3. The minimum atomic E-state index is -0.170. The van der Waals surface area contributed by atoms with Crippen LogP contribution in [0.4, 0.5) is 0 Å². The molecule has 0 bridgehead atoms. The highest BCUT2D eigenvalue weighted by Gasteiger charge is 2.09. The van der Waals surface area contributed by atoms with E-state index < -0.39 is 0 Å². The number of methoxy groups -OCH3 is 1. The highest BCUT2D eigenvalue weighted by Crippen LogP contribution is 2.14. The van der Waals surface area contributed by atoms with Crippen LogP contribution in [0.2, 0.25) is 0 Å². The zero-order valence-corrected chi connectivity index (χ0v) is 11.5. The number of hydrogen-bond donors (Lipinski definition) is 1. The van der Waals surface area contributed by atoms with Crippen LogP contribution in [-0.4, -0.2) is 13.0 Å². The molecular weight excluding hydrogens is 254 g/mol. The van der Waals surface area contributed by atoms with E-state index in [1.807, 2.05) is 37.3 Å². The molecule has 0 aliphatic carbocycles. The van der Waals surface area contributed by atoms with Crippen molar-refractivity contribution in [1.82, 2.24) is 5.32 Å². The maximum Gasteiger partial charge on any atom is 0.244 e. The molecule has 0 aliphatic rings. The highest BCUT2D eigenvalue weighted by molar-refractivity contribution is 5.91. The van der Waals surface area contributed by atoms with E-state index >= 15 is 0 Å². The van der Waals surface area contributed by atoms with Crippen molar-refractivity contribution in [3.8, 4) is 5.75 Å². The summed E-state index contributed by atoms with van der Waals surface area (Å²) in [5, 5.41) is 2.83. The fraction of sp³-hybridized carbons (Fsp3) is 0.188. The van der Waals surface area contributed by atoms with Gasteiger partial charge in [-0.15, -0.1) is 0 Å². The van der Waals surface area contributed by atoms with Crippen LogP contribution in [0.3, 0.4) is 0 Å². The number of hydrogen-bond acceptors (Lipinski definition) is 3. The summed E-state index contributed by atoms with van der Waals surface area (Å²) in [4.78, 5) is 11.8. The molecule has 0 fully saturated rings. The van der Waals surface area contributed by atoms with E-state index in [9.17, 15) is 4.79 Å². The van der Waals surface area contributed by atoms with Gasteiger partial charge in [0.2, 0.25) is 5.91 Å². The van der Waals surface area contributed by atoms with Gasteiger partial charge in [-0.2, -0.15) is 0 Å². The first-order valence-electron chi connectivity index (χ1n) is 6.35. The number of furan rings is 1. The molecule has 1 amide bonds. The maximum atomic E-state index is 11.8. The van der Waals surface area contributed by atoms with Crippen molar-refractivity contribution in [2.45, 2.75) is 13.0 Å². The van der Waals surface area contributed by atoms with E-state index in [4.69, 9.17) is 9.15 Å². The van der Waals surface area contributed by atoms with Crippen molar-refractivity contribution >= 4 is 12.0 Å². The third-order valence-corrected chi connectivity index (χ3v) is 2.85. The Morgan fingerprint density at radius 3 is 2.90 bits per heavy atom. The maximum absolute atomic E-state index is 11.8. The Hall–Kier alpha value is -2.49. The first-order chi connectivity index (χ1) is 9.69. The third kappa shape index (κ3) is 3.75. The van der Waals surface area contributed by atoms with Gasteiger partial charge in [-0.05, 0) is 42.8 Å². The number of carbonyl (C=O) groups excluding carboxylic acids is 1. The molecule has 0 spiro atoms. The Labute approximate surface area is 118 Å². The summed E-state index contributed by atoms with van der Waals surface area (Å²) in [5.74, 6) is 1.32. The van der Waals surface area contributed by atoms with E-state index in [0.29, 0.717) is 0 Å². The van der Waals surface area contributed by atoms with Gasteiger partial charge in [0.05, 0.1) is 19.4 Å². The summed E-state index contributed by atoms with van der Waals surface area (Å²) in [6.45, 7) is 1.87. The minimum absolute atomic E-state index is 0.160. The minimum Gasteiger partial charge on any atom is -0.497 e. The van der Waals surface area contributed by atoms with Crippen molar-refractivity contribution in [3.05, 3.63) is 60.1 Å². The molecule has 0 saturated carbocycles. The van der Waals surface area contributed by atoms with E-state index in [-0.39, 0.29) is 11.9 Å². The Bertz CT molecular complexity index is 588. The summed E-state index contributed by atoms with van der Waals surface area (Å²) in [6, 6.07) is 11.0. The van der Waals surface area contributed by atoms with Gasteiger partial charge in [0, 0.05) is 6.08 Å². The van der Waals surface area contributed by atoms with E-state index in [0.717, 1.165) is 17.1 Å². The predicted molar refractivity (Wildman–Crippen MR) is 77.3 cm³/mol. The number of ether oxygens (including phenoxy) is 1. The Morgan fingerprint density at radius 2 is 2.20 bits per heavy atom. The molecule has 1 aromatic heterocycles. The van der Waals surface area contributed by atoms with E-state index in [2.05, 4.69) is 5.32 Å². The molecule has 0 radical (unpaired) electrons. The number of benzene rings is 1. The largest absolute Gasteiger partial charge is 0.497 e. The molecule has 1 atom stereocenters. The molecule has 1 aromatic carbocycles. The van der Waals surface area contributed by atoms with Crippen LogP contribution < -0.4 is 10.1 Å². The fourth-order valence-corrected chi connectivity index (χ4v) is 1.79. The van der Waals surface area contributed by atoms with Crippen molar-refractivity contribution < 1.29 is 13.9 Å². The van der Waals surface area contributed by atoms with Crippen molar-refractivity contribution in [1.29, 1.82) is 0 Å². The van der Waals surface area contributed by atoms with Gasteiger partial charge >= 0.3 is 0 Å². The summed E-state index contributed by atoms with van der Waals surface area (Å²) < 4.78 is 10.4. The molecule has 1 heterocycles. The van der Waals surface area contributed by atoms with Crippen LogP contribution in [0.5, 0.6) is 5.75 Å². The number of amides is 1. The highest BCUT2D eigenvalue weighted by atomic mass is 16.5. The molecule has 20 heavy (non-hydrogen) atoms. The second-order valence-electron chi connectivity index (χ2n) is 4.36. The van der Waals surface area contributed by atoms with Gasteiger partial charge in [-0.3, -0.25) is 4.79 Å². The zero-order chi connectivity index (χ0) is 14.4. The zero-order valence-electron chi connectivity index (χ0n) is 11.5. The smallest absolute Gasteiger partial charge is 0.244 e. The first kappa shape index (κ1) is 13.9. The van der Waals surface area contributed by atoms with E-state index in [1.54, 1.807) is 25.5 Å². The number of rotatable bonds is 5. The summed E-state index contributed by atoms with van der Waals surface area (Å²) in [5.41, 5.74) is 0.908. The van der Waals surface area contributed by atoms with Crippen LogP contribution in [0.15, 0.2) is 53.2 Å². The molecule has 4 nitrogen and oxygen atoms in total. The molecule has 2 aromatic rings. The lowest BCUT2D eigenvalue weighted by Crippen LogP contribution is -2.24. The number of nitrogens with one attached hydrogen (secondary N) is 1. The molecule has 1 unspecified atom stereocenters. The third-order valence-electron chi connectivity index (χ3n) is 2.85. The fourth-order valence-electron chi connectivity index (χ4n) is 1.79.